The van der Waals surface area contributed by atoms with Gasteiger partial charge in [0, 0.05) is 24.7 Å². The molecule has 9 nitrogen and oxygen atoms in total. The molecule has 0 fully saturated rings. The Bertz CT molecular complexity index is 1240. The summed E-state index contributed by atoms with van der Waals surface area (Å²) in [4.78, 5) is 30.1. The number of ether oxygens (including phenoxy) is 1. The van der Waals surface area contributed by atoms with E-state index >= 15 is 0 Å². The Morgan fingerprint density at radius 1 is 1.28 bits per heavy atom. The van der Waals surface area contributed by atoms with E-state index in [9.17, 15) is 14.0 Å². The third kappa shape index (κ3) is 3.66. The minimum absolute atomic E-state index is 0.0390. The number of carbonyl (C=O) groups excluding carboxylic acids is 1. The van der Waals surface area contributed by atoms with E-state index in [1.165, 1.54) is 6.20 Å². The van der Waals surface area contributed by atoms with Crippen molar-refractivity contribution in [3.05, 3.63) is 63.5 Å². The van der Waals surface area contributed by atoms with Crippen LogP contribution in [0.15, 0.2) is 33.6 Å². The number of nitrogens with one attached hydrogen (secondary N) is 1. The Labute approximate surface area is 182 Å². The maximum Gasteiger partial charge on any atom is 0.441 e. The summed E-state index contributed by atoms with van der Waals surface area (Å²) >= 11 is 0. The van der Waals surface area contributed by atoms with Gasteiger partial charge in [0.25, 0.3) is 5.91 Å². The molecule has 166 valence electrons. The number of benzene rings is 1. The molecule has 3 heterocycles. The average Bonchev–Trinajstić information content (AvgIpc) is 3.39. The molecule has 1 unspecified atom stereocenters. The molecule has 0 saturated carbocycles. The van der Waals surface area contributed by atoms with E-state index in [-0.39, 0.29) is 24.4 Å². The van der Waals surface area contributed by atoms with E-state index < -0.39 is 5.76 Å². The lowest BCUT2D eigenvalue weighted by molar-refractivity contribution is -0.118. The van der Waals surface area contributed by atoms with Crippen LogP contribution in [0.1, 0.15) is 22.7 Å². The van der Waals surface area contributed by atoms with Crippen molar-refractivity contribution in [3.63, 3.8) is 0 Å². The van der Waals surface area contributed by atoms with Crippen LogP contribution in [-0.2, 0) is 24.1 Å². The van der Waals surface area contributed by atoms with Crippen LogP contribution in [0.2, 0.25) is 0 Å². The van der Waals surface area contributed by atoms with Crippen molar-refractivity contribution in [2.24, 2.45) is 0 Å². The predicted molar refractivity (Wildman–Crippen MR) is 113 cm³/mol. The van der Waals surface area contributed by atoms with E-state index in [2.05, 4.69) is 20.3 Å². The summed E-state index contributed by atoms with van der Waals surface area (Å²) in [6.07, 6.45) is 3.08. The number of fused-ring (bicyclic) bond motifs is 2. The summed E-state index contributed by atoms with van der Waals surface area (Å²) in [5.74, 6) is -0.281. The highest BCUT2D eigenvalue weighted by atomic mass is 19.1. The average molecular weight is 439 g/mol. The molecule has 1 aliphatic carbocycles. The van der Waals surface area contributed by atoms with Gasteiger partial charge in [-0.3, -0.25) is 9.78 Å². The molecule has 1 aliphatic heterocycles. The molecule has 1 N–H and O–H groups in total. The van der Waals surface area contributed by atoms with Crippen LogP contribution in [0, 0.1) is 12.7 Å². The second kappa shape index (κ2) is 7.86. The zero-order valence-electron chi connectivity index (χ0n) is 17.7. The van der Waals surface area contributed by atoms with Gasteiger partial charge < -0.3 is 19.4 Å². The third-order valence-corrected chi connectivity index (χ3v) is 6.07. The van der Waals surface area contributed by atoms with Crippen molar-refractivity contribution < 1.29 is 18.3 Å². The summed E-state index contributed by atoms with van der Waals surface area (Å²) in [5, 5.41) is 7.01. The fourth-order valence-corrected chi connectivity index (χ4v) is 4.26. The van der Waals surface area contributed by atoms with Crippen molar-refractivity contribution in [1.82, 2.24) is 19.7 Å². The lowest BCUT2D eigenvalue weighted by Gasteiger charge is -2.23. The van der Waals surface area contributed by atoms with Gasteiger partial charge in [-0.2, -0.15) is 4.68 Å². The van der Waals surface area contributed by atoms with Gasteiger partial charge in [0.1, 0.15) is 11.6 Å². The molecule has 0 saturated heterocycles. The van der Waals surface area contributed by atoms with Crippen LogP contribution in [0.25, 0.3) is 5.69 Å². The first-order chi connectivity index (χ1) is 15.4. The van der Waals surface area contributed by atoms with Crippen molar-refractivity contribution >= 4 is 11.6 Å². The van der Waals surface area contributed by atoms with Crippen molar-refractivity contribution in [1.29, 1.82) is 0 Å². The number of nitrogens with zero attached hydrogens (tertiary/aromatic N) is 4. The van der Waals surface area contributed by atoms with Gasteiger partial charge in [-0.1, -0.05) is 0 Å². The van der Waals surface area contributed by atoms with Crippen LogP contribution in [0.3, 0.4) is 0 Å². The molecule has 1 aromatic carbocycles. The zero-order chi connectivity index (χ0) is 22.4. The Hall–Kier alpha value is -3.53. The Balaban J connectivity index is 1.27. The lowest BCUT2D eigenvalue weighted by Crippen LogP contribution is -2.34. The molecule has 10 heteroatoms. The van der Waals surface area contributed by atoms with Gasteiger partial charge in [-0.05, 0) is 56.1 Å². The highest BCUT2D eigenvalue weighted by molar-refractivity contribution is 5.95. The number of hydrogen-bond acceptors (Lipinski definition) is 7. The summed E-state index contributed by atoms with van der Waals surface area (Å²) in [5.41, 5.74) is 3.55. The minimum Gasteiger partial charge on any atom is -0.482 e. The second-order valence-electron chi connectivity index (χ2n) is 8.13. The fourth-order valence-electron chi connectivity index (χ4n) is 4.26. The van der Waals surface area contributed by atoms with Crippen molar-refractivity contribution in [2.45, 2.75) is 32.2 Å². The molecule has 0 bridgehead atoms. The first-order valence-electron chi connectivity index (χ1n) is 10.4. The van der Waals surface area contributed by atoms with Gasteiger partial charge in [0.05, 0.1) is 17.6 Å². The summed E-state index contributed by atoms with van der Waals surface area (Å²) in [7, 11) is 1.97. The van der Waals surface area contributed by atoms with Crippen LogP contribution >= 0.6 is 0 Å². The zero-order valence-corrected chi connectivity index (χ0v) is 17.7. The summed E-state index contributed by atoms with van der Waals surface area (Å²) in [6.45, 7) is 2.46. The number of aryl methyl sites for hydroxylation is 1. The van der Waals surface area contributed by atoms with Gasteiger partial charge in [-0.25, -0.2) is 9.18 Å². The minimum atomic E-state index is -0.609. The number of aromatic nitrogens is 3. The number of hydrogen-bond donors (Lipinski definition) is 1. The predicted octanol–water partition coefficient (Wildman–Crippen LogP) is 1.64. The molecule has 5 rings (SSSR count). The number of anilines is 1. The molecule has 2 aromatic heterocycles. The number of likely N-dealkylation sites (N-methyl/N-ethyl adjacent to an activating group) is 1. The number of rotatable bonds is 5. The molecule has 1 atom stereocenters. The number of carbonyl (C=O) groups is 1. The quantitative estimate of drug-likeness (QED) is 0.645. The highest BCUT2D eigenvalue weighted by Crippen LogP contribution is 2.30. The maximum atomic E-state index is 14.1. The molecule has 0 spiro atoms. The number of halogens is 1. The molecular weight excluding hydrogens is 417 g/mol. The smallest absolute Gasteiger partial charge is 0.441 e. The third-order valence-electron chi connectivity index (χ3n) is 6.07. The molecule has 32 heavy (non-hydrogen) atoms. The van der Waals surface area contributed by atoms with E-state index in [1.54, 1.807) is 18.2 Å². The molecule has 2 aliphatic rings. The van der Waals surface area contributed by atoms with E-state index in [4.69, 9.17) is 9.15 Å². The van der Waals surface area contributed by atoms with Crippen LogP contribution in [-0.4, -0.2) is 51.8 Å². The second-order valence-corrected chi connectivity index (χ2v) is 8.13. The Kier molecular flexibility index (Phi) is 5.01. The van der Waals surface area contributed by atoms with E-state index in [1.807, 2.05) is 14.0 Å². The molecular formula is C22H22FN5O4. The van der Waals surface area contributed by atoms with Crippen LogP contribution < -0.4 is 15.8 Å². The summed E-state index contributed by atoms with van der Waals surface area (Å²) in [6, 6.07) is 5.12. The number of pyridine rings is 1. The topological polar surface area (TPSA) is 102 Å². The largest absolute Gasteiger partial charge is 0.482 e. The highest BCUT2D eigenvalue weighted by Gasteiger charge is 2.29. The van der Waals surface area contributed by atoms with Gasteiger partial charge >= 0.3 is 5.76 Å². The Morgan fingerprint density at radius 3 is 2.91 bits per heavy atom. The molecule has 3 aromatic rings. The van der Waals surface area contributed by atoms with Crippen LogP contribution in [0.5, 0.6) is 5.75 Å². The van der Waals surface area contributed by atoms with Gasteiger partial charge in [-0.15, -0.1) is 5.10 Å². The first kappa shape index (κ1) is 20.4. The summed E-state index contributed by atoms with van der Waals surface area (Å²) < 4.78 is 25.9. The van der Waals surface area contributed by atoms with Gasteiger partial charge in [0.2, 0.25) is 5.89 Å². The SMILES string of the molecule is Cc1ncc(F)c2c1CC(N(C)CCc1nn(-c3ccc4c(c3)NC(=O)CO4)c(=O)o1)C2. The standard InChI is InChI=1S/C22H22FN5O4/c1-12-15-7-14(8-16(15)17(23)10-24-12)27(2)6-5-21-26-28(22(30)32-21)13-3-4-19-18(9-13)25-20(29)11-31-19/h3-4,9-10,14H,5-8,11H2,1-2H3,(H,25,29). The van der Waals surface area contributed by atoms with Crippen molar-refractivity contribution in [3.8, 4) is 11.4 Å². The molecule has 1 amide bonds. The Morgan fingerprint density at radius 2 is 2.09 bits per heavy atom. The first-order valence-corrected chi connectivity index (χ1v) is 10.4. The van der Waals surface area contributed by atoms with Crippen molar-refractivity contribution in [2.75, 3.05) is 25.5 Å². The van der Waals surface area contributed by atoms with E-state index in [0.717, 1.165) is 27.9 Å². The van der Waals surface area contributed by atoms with Crippen LogP contribution in [0.4, 0.5) is 10.1 Å². The normalized spacial score (nSPS) is 17.1. The fraction of sp³-hybridized carbons (Fsp3) is 0.364. The van der Waals surface area contributed by atoms with Gasteiger partial charge in [0.15, 0.2) is 6.61 Å². The monoisotopic (exact) mass is 439 g/mol. The number of amides is 1. The molecule has 0 radical (unpaired) electrons. The maximum absolute atomic E-state index is 14.1. The lowest BCUT2D eigenvalue weighted by atomic mass is 10.1. The van der Waals surface area contributed by atoms with E-state index in [0.29, 0.717) is 42.4 Å².